The number of carbonyl (C=O) groups is 1. The molecule has 1 amide bonds. The minimum atomic E-state index is -2.58. The second-order valence-corrected chi connectivity index (χ2v) is 9.93. The molecule has 36 heavy (non-hydrogen) atoms. The van der Waals surface area contributed by atoms with Gasteiger partial charge in [0.2, 0.25) is 5.92 Å². The summed E-state index contributed by atoms with van der Waals surface area (Å²) in [5.41, 5.74) is 0.630. The Morgan fingerprint density at radius 1 is 1.11 bits per heavy atom. The number of halogens is 2. The van der Waals surface area contributed by atoms with Crippen LogP contribution in [0.3, 0.4) is 0 Å². The average molecular weight is 498 g/mol. The van der Waals surface area contributed by atoms with E-state index >= 15 is 0 Å². The number of aliphatic hydroxyl groups is 1. The molecular weight excluding hydrogens is 468 g/mol. The molecule has 0 spiro atoms. The van der Waals surface area contributed by atoms with Crippen LogP contribution in [-0.4, -0.2) is 54.9 Å². The topological polar surface area (TPSA) is 93.4 Å². The molecule has 2 aromatic heterocycles. The van der Waals surface area contributed by atoms with Gasteiger partial charge in [0.25, 0.3) is 5.91 Å². The summed E-state index contributed by atoms with van der Waals surface area (Å²) >= 11 is 0. The summed E-state index contributed by atoms with van der Waals surface area (Å²) in [7, 11) is 0. The minimum absolute atomic E-state index is 0.132. The highest BCUT2D eigenvalue weighted by Gasteiger charge is 2.45. The maximum Gasteiger partial charge on any atom is 0.272 e. The summed E-state index contributed by atoms with van der Waals surface area (Å²) in [6.07, 6.45) is 4.19. The first-order valence-corrected chi connectivity index (χ1v) is 12.2. The number of amides is 1. The van der Waals surface area contributed by atoms with Gasteiger partial charge in [-0.25, -0.2) is 13.8 Å². The molecule has 1 aliphatic carbocycles. The van der Waals surface area contributed by atoms with E-state index in [0.717, 1.165) is 5.56 Å². The molecule has 8 nitrogen and oxygen atoms in total. The van der Waals surface area contributed by atoms with Gasteiger partial charge in [-0.15, -0.1) is 5.10 Å². The monoisotopic (exact) mass is 497 g/mol. The quantitative estimate of drug-likeness (QED) is 0.545. The molecule has 1 N–H and O–H groups in total. The summed E-state index contributed by atoms with van der Waals surface area (Å²) in [6.45, 7) is 3.18. The van der Waals surface area contributed by atoms with Gasteiger partial charge in [-0.05, 0) is 56.4 Å². The number of ether oxygens (including phenoxy) is 1. The zero-order valence-corrected chi connectivity index (χ0v) is 20.1. The number of nitrogens with zero attached hydrogens (tertiary/aromatic N) is 5. The first-order chi connectivity index (χ1) is 17.2. The molecule has 1 aromatic carbocycles. The van der Waals surface area contributed by atoms with E-state index in [4.69, 9.17) is 4.74 Å². The lowest BCUT2D eigenvalue weighted by atomic mass is 9.81. The number of rotatable bonds is 6. The van der Waals surface area contributed by atoms with Gasteiger partial charge in [-0.2, -0.15) is 0 Å². The van der Waals surface area contributed by atoms with E-state index in [9.17, 15) is 18.7 Å². The highest BCUT2D eigenvalue weighted by molar-refractivity contribution is 5.92. The third-order valence-electron chi connectivity index (χ3n) is 6.95. The number of hydrogen-bond donors (Lipinski definition) is 1. The van der Waals surface area contributed by atoms with E-state index < -0.39 is 11.5 Å². The van der Waals surface area contributed by atoms with Crippen LogP contribution >= 0.6 is 0 Å². The molecule has 1 saturated heterocycles. The Morgan fingerprint density at radius 3 is 2.56 bits per heavy atom. The molecule has 2 fully saturated rings. The van der Waals surface area contributed by atoms with Gasteiger partial charge in [0.05, 0.1) is 12.4 Å². The van der Waals surface area contributed by atoms with E-state index in [2.05, 4.69) is 15.3 Å². The van der Waals surface area contributed by atoms with Crippen LogP contribution in [0.4, 0.5) is 8.78 Å². The van der Waals surface area contributed by atoms with Crippen LogP contribution in [0.1, 0.15) is 53.8 Å². The standard InChI is InChI=1S/C26H29F2N5O3/c1-18-3-5-20(6-4-18)36-21-7-8-22(29-15-21)24(34)32-11-2-9-25(35,10-12-32)23-17-33(31-30-23)16-19-13-26(27,28)14-19/h3-8,15,17,19,35H,2,9-14,16H2,1H3. The Bertz CT molecular complexity index is 1210. The molecule has 5 rings (SSSR count). The summed E-state index contributed by atoms with van der Waals surface area (Å²) in [6, 6.07) is 11.0. The van der Waals surface area contributed by atoms with Crippen molar-refractivity contribution in [1.82, 2.24) is 24.9 Å². The molecule has 1 atom stereocenters. The largest absolute Gasteiger partial charge is 0.456 e. The van der Waals surface area contributed by atoms with Crippen molar-refractivity contribution in [2.45, 2.75) is 57.1 Å². The van der Waals surface area contributed by atoms with Crippen LogP contribution in [0.25, 0.3) is 0 Å². The highest BCUT2D eigenvalue weighted by atomic mass is 19.3. The number of alkyl halides is 2. The van der Waals surface area contributed by atoms with Crippen LogP contribution in [-0.2, 0) is 12.1 Å². The van der Waals surface area contributed by atoms with Gasteiger partial charge >= 0.3 is 0 Å². The molecule has 2 aliphatic rings. The number of benzene rings is 1. The lowest BCUT2D eigenvalue weighted by Crippen LogP contribution is -2.37. The molecule has 3 aromatic rings. The van der Waals surface area contributed by atoms with E-state index in [1.54, 1.807) is 23.2 Å². The van der Waals surface area contributed by atoms with Crippen molar-refractivity contribution in [1.29, 1.82) is 0 Å². The molecule has 0 radical (unpaired) electrons. The normalized spacial score (nSPS) is 22.1. The maximum atomic E-state index is 13.1. The Kier molecular flexibility index (Phi) is 6.46. The zero-order valence-electron chi connectivity index (χ0n) is 20.1. The molecule has 1 unspecified atom stereocenters. The van der Waals surface area contributed by atoms with Gasteiger partial charge < -0.3 is 14.7 Å². The van der Waals surface area contributed by atoms with E-state index in [-0.39, 0.29) is 24.7 Å². The number of likely N-dealkylation sites (tertiary alicyclic amines) is 1. The maximum absolute atomic E-state index is 13.1. The molecule has 10 heteroatoms. The first-order valence-electron chi connectivity index (χ1n) is 12.2. The van der Waals surface area contributed by atoms with Crippen LogP contribution in [0.5, 0.6) is 11.5 Å². The third kappa shape index (κ3) is 5.38. The van der Waals surface area contributed by atoms with Crippen LogP contribution in [0.2, 0.25) is 0 Å². The fraction of sp³-hybridized carbons (Fsp3) is 0.462. The van der Waals surface area contributed by atoms with Crippen molar-refractivity contribution in [3.05, 3.63) is 65.7 Å². The SMILES string of the molecule is Cc1ccc(Oc2ccc(C(=O)N3CCCC(O)(c4cn(CC5CC(F)(F)C5)nn4)CC3)nc2)cc1. The molecule has 190 valence electrons. The Labute approximate surface area is 207 Å². The van der Waals surface area contributed by atoms with Gasteiger partial charge in [-0.1, -0.05) is 22.9 Å². The molecule has 0 bridgehead atoms. The molecule has 3 heterocycles. The summed E-state index contributed by atoms with van der Waals surface area (Å²) in [4.78, 5) is 19.0. The van der Waals surface area contributed by atoms with Crippen LogP contribution in [0.15, 0.2) is 48.8 Å². The smallest absolute Gasteiger partial charge is 0.272 e. The number of aryl methyl sites for hydroxylation is 1. The van der Waals surface area contributed by atoms with Crippen molar-refractivity contribution < 1.29 is 23.4 Å². The molecule has 1 aliphatic heterocycles. The lowest BCUT2D eigenvalue weighted by Gasteiger charge is -2.34. The van der Waals surface area contributed by atoms with E-state index in [1.807, 2.05) is 31.2 Å². The molecule has 1 saturated carbocycles. The second-order valence-electron chi connectivity index (χ2n) is 9.93. The summed E-state index contributed by atoms with van der Waals surface area (Å²) < 4.78 is 33.5. The van der Waals surface area contributed by atoms with Gasteiger partial charge in [0.15, 0.2) is 0 Å². The van der Waals surface area contributed by atoms with Crippen molar-refractivity contribution in [2.24, 2.45) is 5.92 Å². The number of carbonyl (C=O) groups excluding carboxylic acids is 1. The fourth-order valence-electron chi connectivity index (χ4n) is 4.83. The van der Waals surface area contributed by atoms with Crippen molar-refractivity contribution >= 4 is 5.91 Å². The van der Waals surface area contributed by atoms with E-state index in [1.165, 1.54) is 10.9 Å². The Morgan fingerprint density at radius 2 is 1.86 bits per heavy atom. The predicted molar refractivity (Wildman–Crippen MR) is 127 cm³/mol. The average Bonchev–Trinajstić information content (AvgIpc) is 3.22. The number of hydrogen-bond acceptors (Lipinski definition) is 6. The minimum Gasteiger partial charge on any atom is -0.456 e. The van der Waals surface area contributed by atoms with Crippen LogP contribution < -0.4 is 4.74 Å². The summed E-state index contributed by atoms with van der Waals surface area (Å²) in [5.74, 6) is -1.69. The first kappa shape index (κ1) is 24.3. The van der Waals surface area contributed by atoms with Crippen LogP contribution in [0, 0.1) is 12.8 Å². The number of pyridine rings is 1. The van der Waals surface area contributed by atoms with Crippen molar-refractivity contribution in [2.75, 3.05) is 13.1 Å². The zero-order chi connectivity index (χ0) is 25.3. The van der Waals surface area contributed by atoms with Crippen molar-refractivity contribution in [3.63, 3.8) is 0 Å². The Hall–Kier alpha value is -3.40. The molecular formula is C26H29F2N5O3. The van der Waals surface area contributed by atoms with Gasteiger partial charge in [-0.3, -0.25) is 9.48 Å². The summed E-state index contributed by atoms with van der Waals surface area (Å²) in [5, 5.41) is 19.4. The van der Waals surface area contributed by atoms with Gasteiger partial charge in [0.1, 0.15) is 28.5 Å². The highest BCUT2D eigenvalue weighted by Crippen LogP contribution is 2.43. The predicted octanol–water partition coefficient (Wildman–Crippen LogP) is 4.33. The van der Waals surface area contributed by atoms with Gasteiger partial charge in [0, 0.05) is 32.5 Å². The van der Waals surface area contributed by atoms with E-state index in [0.29, 0.717) is 61.8 Å². The second kappa shape index (κ2) is 9.57. The lowest BCUT2D eigenvalue weighted by molar-refractivity contribution is -0.114. The fourth-order valence-corrected chi connectivity index (χ4v) is 4.83. The Balaban J connectivity index is 1.18. The van der Waals surface area contributed by atoms with Crippen molar-refractivity contribution in [3.8, 4) is 11.5 Å². The number of aromatic nitrogens is 4. The third-order valence-corrected chi connectivity index (χ3v) is 6.95.